The van der Waals surface area contributed by atoms with Crippen molar-refractivity contribution < 1.29 is 13.2 Å². The number of halogens is 4. The van der Waals surface area contributed by atoms with Crippen LogP contribution in [0.4, 0.5) is 13.2 Å². The van der Waals surface area contributed by atoms with E-state index in [1.54, 1.807) is 24.3 Å². The molecule has 0 spiro atoms. The van der Waals surface area contributed by atoms with Gasteiger partial charge in [-0.1, -0.05) is 28.1 Å². The zero-order chi connectivity index (χ0) is 13.3. The van der Waals surface area contributed by atoms with E-state index in [-0.39, 0.29) is 6.54 Å². The summed E-state index contributed by atoms with van der Waals surface area (Å²) in [5.41, 5.74) is -1.02. The van der Waals surface area contributed by atoms with Crippen molar-refractivity contribution in [2.45, 2.75) is 12.7 Å². The first-order valence-electron chi connectivity index (χ1n) is 4.98. The van der Waals surface area contributed by atoms with Crippen molar-refractivity contribution in [3.63, 3.8) is 0 Å². The molecular weight excluding hydrogens is 313 g/mol. The van der Waals surface area contributed by atoms with E-state index in [0.717, 1.165) is 14.7 Å². The van der Waals surface area contributed by atoms with E-state index in [1.165, 1.54) is 0 Å². The van der Waals surface area contributed by atoms with Crippen LogP contribution in [0.3, 0.4) is 0 Å². The van der Waals surface area contributed by atoms with E-state index in [2.05, 4.69) is 21.0 Å². The van der Waals surface area contributed by atoms with Crippen LogP contribution < -0.4 is 5.56 Å². The van der Waals surface area contributed by atoms with Crippen LogP contribution in [-0.4, -0.2) is 9.78 Å². The molecule has 0 atom stereocenters. The monoisotopic (exact) mass is 320 g/mol. The van der Waals surface area contributed by atoms with Crippen molar-refractivity contribution in [2.24, 2.45) is 0 Å². The molecule has 2 aromatic rings. The average Bonchev–Trinajstić information content (AvgIpc) is 2.60. The summed E-state index contributed by atoms with van der Waals surface area (Å²) in [6.07, 6.45) is -4.54. The predicted molar refractivity (Wildman–Crippen MR) is 63.3 cm³/mol. The number of nitrogens with one attached hydrogen (secondary N) is 1. The van der Waals surface area contributed by atoms with Gasteiger partial charge in [0.15, 0.2) is 0 Å². The van der Waals surface area contributed by atoms with Crippen LogP contribution in [0.15, 0.2) is 39.6 Å². The molecule has 3 nitrogen and oxygen atoms in total. The molecule has 2 rings (SSSR count). The minimum absolute atomic E-state index is 0.0638. The van der Waals surface area contributed by atoms with Gasteiger partial charge in [-0.05, 0) is 17.7 Å². The van der Waals surface area contributed by atoms with Gasteiger partial charge < -0.3 is 0 Å². The first kappa shape index (κ1) is 12.9. The van der Waals surface area contributed by atoms with Crippen molar-refractivity contribution in [1.82, 2.24) is 9.78 Å². The summed E-state index contributed by atoms with van der Waals surface area (Å²) < 4.78 is 38.9. The van der Waals surface area contributed by atoms with Gasteiger partial charge >= 0.3 is 6.18 Å². The van der Waals surface area contributed by atoms with E-state index in [4.69, 9.17) is 0 Å². The molecule has 0 saturated heterocycles. The second kappa shape index (κ2) is 4.64. The number of H-pyrrole nitrogens is 1. The van der Waals surface area contributed by atoms with Crippen molar-refractivity contribution >= 4 is 15.9 Å². The smallest absolute Gasteiger partial charge is 0.291 e. The highest BCUT2D eigenvalue weighted by Gasteiger charge is 2.33. The van der Waals surface area contributed by atoms with Crippen molar-refractivity contribution in [2.75, 3.05) is 0 Å². The van der Waals surface area contributed by atoms with Crippen LogP contribution in [0.5, 0.6) is 0 Å². The molecule has 0 saturated carbocycles. The number of benzene rings is 1. The number of rotatable bonds is 2. The molecule has 18 heavy (non-hydrogen) atoms. The molecule has 0 amide bonds. The second-order valence-corrected chi connectivity index (χ2v) is 4.64. The van der Waals surface area contributed by atoms with E-state index in [0.29, 0.717) is 6.07 Å². The number of alkyl halides is 3. The van der Waals surface area contributed by atoms with Crippen LogP contribution in [0.2, 0.25) is 0 Å². The SMILES string of the molecule is O=c1cc(C(F)(F)F)[nH]n1Cc1cccc(Br)c1. The zero-order valence-corrected chi connectivity index (χ0v) is 10.5. The fourth-order valence-electron chi connectivity index (χ4n) is 1.51. The number of nitrogens with zero attached hydrogens (tertiary/aromatic N) is 1. The lowest BCUT2D eigenvalue weighted by Gasteiger charge is -2.05. The molecule has 0 bridgehead atoms. The summed E-state index contributed by atoms with van der Waals surface area (Å²) >= 11 is 3.25. The van der Waals surface area contributed by atoms with Crippen molar-refractivity contribution in [1.29, 1.82) is 0 Å². The Kier molecular flexibility index (Phi) is 3.34. The summed E-state index contributed by atoms with van der Waals surface area (Å²) in [6, 6.07) is 7.56. The van der Waals surface area contributed by atoms with E-state index < -0.39 is 17.4 Å². The Morgan fingerprint density at radius 2 is 2.00 bits per heavy atom. The number of aromatic amines is 1. The van der Waals surface area contributed by atoms with Gasteiger partial charge in [-0.25, -0.2) is 4.68 Å². The summed E-state index contributed by atoms with van der Waals surface area (Å²) in [7, 11) is 0. The molecule has 0 radical (unpaired) electrons. The number of hydrogen-bond acceptors (Lipinski definition) is 1. The number of hydrogen-bond donors (Lipinski definition) is 1. The standard InChI is InChI=1S/C11H8BrF3N2O/c12-8-3-1-2-7(4-8)6-17-10(18)5-9(16-17)11(13,14)15/h1-5,16H,6H2. The molecule has 0 aliphatic rings. The van der Waals surface area contributed by atoms with Gasteiger partial charge in [0.1, 0.15) is 5.69 Å². The van der Waals surface area contributed by atoms with E-state index in [1.807, 2.05) is 0 Å². The first-order chi connectivity index (χ1) is 8.36. The lowest BCUT2D eigenvalue weighted by atomic mass is 10.2. The van der Waals surface area contributed by atoms with Gasteiger partial charge in [-0.15, -0.1) is 0 Å². The Balaban J connectivity index is 2.30. The summed E-state index contributed by atoms with van der Waals surface area (Å²) in [5, 5.41) is 2.05. The Morgan fingerprint density at radius 3 is 2.56 bits per heavy atom. The third-order valence-corrected chi connectivity index (χ3v) is 2.82. The summed E-state index contributed by atoms with van der Waals surface area (Å²) in [6.45, 7) is 0.0638. The second-order valence-electron chi connectivity index (χ2n) is 3.72. The van der Waals surface area contributed by atoms with Crippen LogP contribution in [0.1, 0.15) is 11.3 Å². The molecule has 0 aliphatic heterocycles. The topological polar surface area (TPSA) is 37.8 Å². The van der Waals surface area contributed by atoms with Crippen LogP contribution in [0.25, 0.3) is 0 Å². The van der Waals surface area contributed by atoms with Gasteiger partial charge in [0.25, 0.3) is 5.56 Å². The Labute approximate surface area is 108 Å². The average molecular weight is 321 g/mol. The third-order valence-electron chi connectivity index (χ3n) is 2.32. The fourth-order valence-corrected chi connectivity index (χ4v) is 1.96. The maximum Gasteiger partial charge on any atom is 0.432 e. The van der Waals surface area contributed by atoms with E-state index >= 15 is 0 Å². The predicted octanol–water partition coefficient (Wildman–Crippen LogP) is 3.01. The third kappa shape index (κ3) is 2.84. The Hall–Kier alpha value is -1.50. The lowest BCUT2D eigenvalue weighted by molar-refractivity contribution is -0.141. The number of aromatic nitrogens is 2. The van der Waals surface area contributed by atoms with Crippen LogP contribution in [0, 0.1) is 0 Å². The summed E-state index contributed by atoms with van der Waals surface area (Å²) in [5.74, 6) is 0. The van der Waals surface area contributed by atoms with Crippen molar-refractivity contribution in [3.05, 3.63) is 56.4 Å². The first-order valence-corrected chi connectivity index (χ1v) is 5.77. The van der Waals surface area contributed by atoms with E-state index in [9.17, 15) is 18.0 Å². The maximum atomic E-state index is 12.4. The highest BCUT2D eigenvalue weighted by Crippen LogP contribution is 2.26. The minimum Gasteiger partial charge on any atom is -0.291 e. The normalized spacial score (nSPS) is 11.8. The lowest BCUT2D eigenvalue weighted by Crippen LogP contribution is -2.16. The minimum atomic E-state index is -4.54. The highest BCUT2D eigenvalue weighted by atomic mass is 79.9. The molecule has 1 heterocycles. The van der Waals surface area contributed by atoms with Gasteiger partial charge in [0, 0.05) is 10.5 Å². The Morgan fingerprint density at radius 1 is 1.28 bits per heavy atom. The molecule has 0 fully saturated rings. The van der Waals surface area contributed by atoms with Gasteiger partial charge in [-0.3, -0.25) is 9.89 Å². The molecular formula is C11H8BrF3N2O. The largest absolute Gasteiger partial charge is 0.432 e. The van der Waals surface area contributed by atoms with Gasteiger partial charge in [0.2, 0.25) is 0 Å². The fraction of sp³-hybridized carbons (Fsp3) is 0.182. The zero-order valence-electron chi connectivity index (χ0n) is 8.96. The maximum absolute atomic E-state index is 12.4. The van der Waals surface area contributed by atoms with Crippen LogP contribution in [-0.2, 0) is 12.7 Å². The molecule has 1 aromatic carbocycles. The van der Waals surface area contributed by atoms with Gasteiger partial charge in [0.05, 0.1) is 6.54 Å². The highest BCUT2D eigenvalue weighted by molar-refractivity contribution is 9.10. The quantitative estimate of drug-likeness (QED) is 0.907. The molecule has 0 aliphatic carbocycles. The van der Waals surface area contributed by atoms with Gasteiger partial charge in [-0.2, -0.15) is 13.2 Å². The molecule has 0 unspecified atom stereocenters. The molecule has 1 N–H and O–H groups in total. The van der Waals surface area contributed by atoms with Crippen LogP contribution >= 0.6 is 15.9 Å². The summed E-state index contributed by atoms with van der Waals surface area (Å²) in [4.78, 5) is 11.4. The van der Waals surface area contributed by atoms with Crippen molar-refractivity contribution in [3.8, 4) is 0 Å². The Bertz CT molecular complexity index is 615. The molecule has 7 heteroatoms. The molecule has 1 aromatic heterocycles. The molecule has 96 valence electrons.